The summed E-state index contributed by atoms with van der Waals surface area (Å²) in [7, 11) is 0. The SMILES string of the molecule is Cc1ccc(CCC(O)c2cc(Cl)ccc2Cl)cc1. The van der Waals surface area contributed by atoms with Gasteiger partial charge in [-0.2, -0.15) is 0 Å². The molecule has 0 radical (unpaired) electrons. The third-order valence-corrected chi connectivity index (χ3v) is 3.72. The van der Waals surface area contributed by atoms with Crippen LogP contribution >= 0.6 is 23.2 Å². The molecule has 0 saturated heterocycles. The van der Waals surface area contributed by atoms with Gasteiger partial charge in [0.25, 0.3) is 0 Å². The van der Waals surface area contributed by atoms with Gasteiger partial charge in [0.1, 0.15) is 0 Å². The van der Waals surface area contributed by atoms with E-state index in [1.165, 1.54) is 11.1 Å². The van der Waals surface area contributed by atoms with Crippen LogP contribution in [0.25, 0.3) is 0 Å². The van der Waals surface area contributed by atoms with Gasteiger partial charge in [-0.15, -0.1) is 0 Å². The first-order valence-corrected chi connectivity index (χ1v) is 7.00. The molecule has 0 aliphatic heterocycles. The lowest BCUT2D eigenvalue weighted by atomic mass is 10.0. The van der Waals surface area contributed by atoms with Gasteiger partial charge in [-0.25, -0.2) is 0 Å². The second kappa shape index (κ2) is 6.42. The highest BCUT2D eigenvalue weighted by Crippen LogP contribution is 2.29. The quantitative estimate of drug-likeness (QED) is 0.844. The molecule has 3 heteroatoms. The van der Waals surface area contributed by atoms with Crippen molar-refractivity contribution in [2.45, 2.75) is 25.9 Å². The Kier molecular flexibility index (Phi) is 4.87. The van der Waals surface area contributed by atoms with Gasteiger partial charge in [0.2, 0.25) is 0 Å². The Morgan fingerprint density at radius 2 is 1.74 bits per heavy atom. The number of benzene rings is 2. The molecule has 1 atom stereocenters. The van der Waals surface area contributed by atoms with Gasteiger partial charge in [-0.3, -0.25) is 0 Å². The van der Waals surface area contributed by atoms with Crippen LogP contribution in [0, 0.1) is 6.92 Å². The topological polar surface area (TPSA) is 20.2 Å². The monoisotopic (exact) mass is 294 g/mol. The average molecular weight is 295 g/mol. The number of hydrogen-bond donors (Lipinski definition) is 1. The van der Waals surface area contributed by atoms with Crippen molar-refractivity contribution < 1.29 is 5.11 Å². The van der Waals surface area contributed by atoms with Crippen LogP contribution in [0.4, 0.5) is 0 Å². The van der Waals surface area contributed by atoms with E-state index in [1.807, 2.05) is 0 Å². The van der Waals surface area contributed by atoms with Crippen LogP contribution in [-0.4, -0.2) is 5.11 Å². The largest absolute Gasteiger partial charge is 0.388 e. The number of aliphatic hydroxyl groups is 1. The zero-order valence-electron chi connectivity index (χ0n) is 10.7. The third-order valence-electron chi connectivity index (χ3n) is 3.14. The fraction of sp³-hybridized carbons (Fsp3) is 0.250. The number of aliphatic hydroxyl groups excluding tert-OH is 1. The van der Waals surface area contributed by atoms with E-state index in [0.29, 0.717) is 22.0 Å². The molecule has 0 amide bonds. The minimum absolute atomic E-state index is 0.556. The van der Waals surface area contributed by atoms with E-state index in [9.17, 15) is 5.11 Å². The Morgan fingerprint density at radius 1 is 1.05 bits per heavy atom. The van der Waals surface area contributed by atoms with Crippen molar-refractivity contribution in [3.05, 3.63) is 69.2 Å². The van der Waals surface area contributed by atoms with Crippen molar-refractivity contribution in [2.75, 3.05) is 0 Å². The fourth-order valence-corrected chi connectivity index (χ4v) is 2.41. The Bertz CT molecular complexity index is 549. The van der Waals surface area contributed by atoms with Gasteiger partial charge in [0, 0.05) is 15.6 Å². The third kappa shape index (κ3) is 3.97. The van der Waals surface area contributed by atoms with Crippen molar-refractivity contribution in [1.82, 2.24) is 0 Å². The van der Waals surface area contributed by atoms with E-state index < -0.39 is 6.10 Å². The summed E-state index contributed by atoms with van der Waals surface area (Å²) in [5.74, 6) is 0. The maximum Gasteiger partial charge on any atom is 0.0808 e. The molecule has 19 heavy (non-hydrogen) atoms. The smallest absolute Gasteiger partial charge is 0.0808 e. The van der Waals surface area contributed by atoms with Gasteiger partial charge in [0.05, 0.1) is 6.10 Å². The van der Waals surface area contributed by atoms with E-state index in [2.05, 4.69) is 31.2 Å². The summed E-state index contributed by atoms with van der Waals surface area (Å²) in [6.07, 6.45) is 0.848. The minimum atomic E-state index is -0.590. The Hall–Kier alpha value is -1.02. The molecule has 0 fully saturated rings. The summed E-state index contributed by atoms with van der Waals surface area (Å²) in [4.78, 5) is 0. The minimum Gasteiger partial charge on any atom is -0.388 e. The zero-order chi connectivity index (χ0) is 13.8. The van der Waals surface area contributed by atoms with E-state index in [0.717, 1.165) is 6.42 Å². The Morgan fingerprint density at radius 3 is 2.42 bits per heavy atom. The van der Waals surface area contributed by atoms with Gasteiger partial charge < -0.3 is 5.11 Å². The number of aryl methyl sites for hydroxylation is 2. The molecule has 1 nitrogen and oxygen atoms in total. The van der Waals surface area contributed by atoms with Crippen LogP contribution < -0.4 is 0 Å². The zero-order valence-corrected chi connectivity index (χ0v) is 12.2. The van der Waals surface area contributed by atoms with E-state index >= 15 is 0 Å². The second-order valence-electron chi connectivity index (χ2n) is 4.71. The predicted octanol–water partition coefficient (Wildman–Crippen LogP) is 4.97. The maximum atomic E-state index is 10.2. The van der Waals surface area contributed by atoms with Crippen LogP contribution in [-0.2, 0) is 6.42 Å². The average Bonchev–Trinajstić information content (AvgIpc) is 2.40. The van der Waals surface area contributed by atoms with Gasteiger partial charge in [0.15, 0.2) is 0 Å². The van der Waals surface area contributed by atoms with Crippen LogP contribution in [0.5, 0.6) is 0 Å². The number of rotatable bonds is 4. The first kappa shape index (κ1) is 14.4. The van der Waals surface area contributed by atoms with Gasteiger partial charge in [-0.1, -0.05) is 53.0 Å². The van der Waals surface area contributed by atoms with Crippen LogP contribution in [0.2, 0.25) is 10.0 Å². The molecule has 2 rings (SSSR count). The highest BCUT2D eigenvalue weighted by atomic mass is 35.5. The molecule has 0 bridgehead atoms. The highest BCUT2D eigenvalue weighted by molar-refractivity contribution is 6.33. The van der Waals surface area contributed by atoms with Gasteiger partial charge >= 0.3 is 0 Å². The van der Waals surface area contributed by atoms with E-state index in [-0.39, 0.29) is 0 Å². The molecule has 0 aromatic heterocycles. The molecule has 0 aliphatic rings. The molecule has 2 aromatic rings. The fourth-order valence-electron chi connectivity index (χ4n) is 1.98. The summed E-state index contributed by atoms with van der Waals surface area (Å²) in [5, 5.41) is 11.3. The molecule has 0 heterocycles. The molecule has 1 N–H and O–H groups in total. The lowest BCUT2D eigenvalue weighted by Crippen LogP contribution is -2.00. The number of hydrogen-bond acceptors (Lipinski definition) is 1. The summed E-state index contributed by atoms with van der Waals surface area (Å²) in [6, 6.07) is 13.5. The Balaban J connectivity index is 2.03. The molecule has 0 aliphatic carbocycles. The van der Waals surface area contributed by atoms with Crippen LogP contribution in [0.3, 0.4) is 0 Å². The molecule has 100 valence electrons. The molecular weight excluding hydrogens is 279 g/mol. The summed E-state index contributed by atoms with van der Waals surface area (Å²) >= 11 is 12.0. The van der Waals surface area contributed by atoms with Crippen molar-refractivity contribution >= 4 is 23.2 Å². The molecule has 0 saturated carbocycles. The van der Waals surface area contributed by atoms with Crippen LogP contribution in [0.15, 0.2) is 42.5 Å². The first-order chi connectivity index (χ1) is 9.06. The Labute approximate surface area is 123 Å². The maximum absolute atomic E-state index is 10.2. The van der Waals surface area contributed by atoms with Crippen molar-refractivity contribution in [3.8, 4) is 0 Å². The van der Waals surface area contributed by atoms with Crippen molar-refractivity contribution in [1.29, 1.82) is 0 Å². The van der Waals surface area contributed by atoms with E-state index in [1.54, 1.807) is 18.2 Å². The van der Waals surface area contributed by atoms with Crippen molar-refractivity contribution in [2.24, 2.45) is 0 Å². The van der Waals surface area contributed by atoms with Gasteiger partial charge in [-0.05, 0) is 43.5 Å². The highest BCUT2D eigenvalue weighted by Gasteiger charge is 2.12. The second-order valence-corrected chi connectivity index (χ2v) is 5.55. The molecular formula is C16H16Cl2O. The first-order valence-electron chi connectivity index (χ1n) is 6.25. The summed E-state index contributed by atoms with van der Waals surface area (Å²) in [5.41, 5.74) is 3.14. The molecule has 1 unspecified atom stereocenters. The normalized spacial score (nSPS) is 12.4. The lowest BCUT2D eigenvalue weighted by molar-refractivity contribution is 0.168. The summed E-state index contributed by atoms with van der Waals surface area (Å²) in [6.45, 7) is 2.06. The van der Waals surface area contributed by atoms with Crippen LogP contribution in [0.1, 0.15) is 29.2 Å². The lowest BCUT2D eigenvalue weighted by Gasteiger charge is -2.13. The predicted molar refractivity (Wildman–Crippen MR) is 80.9 cm³/mol. The molecule has 0 spiro atoms. The molecule has 2 aromatic carbocycles. The standard InChI is InChI=1S/C16H16Cl2O/c1-11-2-4-12(5-3-11)6-9-16(19)14-10-13(17)7-8-15(14)18/h2-5,7-8,10,16,19H,6,9H2,1H3. The number of halogens is 2. The van der Waals surface area contributed by atoms with E-state index in [4.69, 9.17) is 23.2 Å². The summed E-state index contributed by atoms with van der Waals surface area (Å²) < 4.78 is 0. The van der Waals surface area contributed by atoms with Crippen molar-refractivity contribution in [3.63, 3.8) is 0 Å².